The van der Waals surface area contributed by atoms with E-state index in [1.54, 1.807) is 42.7 Å². The van der Waals surface area contributed by atoms with E-state index in [1.807, 2.05) is 12.1 Å². The van der Waals surface area contributed by atoms with Gasteiger partial charge in [0.15, 0.2) is 5.78 Å². The summed E-state index contributed by atoms with van der Waals surface area (Å²) in [5.74, 6) is -0.0610. The Morgan fingerprint density at radius 2 is 1.94 bits per heavy atom. The van der Waals surface area contributed by atoms with Crippen LogP contribution in [0.2, 0.25) is 0 Å². The first-order valence-corrected chi connectivity index (χ1v) is 5.24. The highest BCUT2D eigenvalue weighted by atomic mass is 16.1. The Labute approximate surface area is 99.6 Å². The molecule has 84 valence electrons. The Bertz CT molecular complexity index is 547. The second kappa shape index (κ2) is 5.07. The zero-order chi connectivity index (χ0) is 12.1. The molecule has 0 radical (unpaired) electrons. The van der Waals surface area contributed by atoms with Gasteiger partial charge in [0.25, 0.3) is 0 Å². The van der Waals surface area contributed by atoms with Crippen molar-refractivity contribution in [1.29, 1.82) is 0 Å². The average Bonchev–Trinajstić information content (AvgIpc) is 2.37. The largest absolute Gasteiger partial charge is 0.399 e. The molecule has 0 fully saturated rings. The fourth-order valence-corrected chi connectivity index (χ4v) is 1.43. The van der Waals surface area contributed by atoms with Crippen LogP contribution < -0.4 is 5.73 Å². The van der Waals surface area contributed by atoms with Crippen molar-refractivity contribution in [3.05, 3.63) is 66.0 Å². The van der Waals surface area contributed by atoms with Crippen LogP contribution in [0.3, 0.4) is 0 Å². The van der Waals surface area contributed by atoms with Crippen molar-refractivity contribution in [3.63, 3.8) is 0 Å². The number of anilines is 1. The van der Waals surface area contributed by atoms with Crippen molar-refractivity contribution < 1.29 is 4.79 Å². The van der Waals surface area contributed by atoms with Crippen LogP contribution in [0.5, 0.6) is 0 Å². The Hall–Kier alpha value is -2.42. The monoisotopic (exact) mass is 224 g/mol. The quantitative estimate of drug-likeness (QED) is 0.495. The van der Waals surface area contributed by atoms with Gasteiger partial charge in [-0.25, -0.2) is 0 Å². The second-order valence-corrected chi connectivity index (χ2v) is 3.60. The minimum atomic E-state index is -0.0610. The first-order valence-electron chi connectivity index (χ1n) is 5.24. The predicted molar refractivity (Wildman–Crippen MR) is 68.5 cm³/mol. The van der Waals surface area contributed by atoms with Gasteiger partial charge in [-0.15, -0.1) is 0 Å². The number of carbonyl (C=O) groups excluding carboxylic acids is 1. The lowest BCUT2D eigenvalue weighted by Gasteiger charge is -1.97. The first kappa shape index (κ1) is 11.1. The summed E-state index contributed by atoms with van der Waals surface area (Å²) >= 11 is 0. The summed E-state index contributed by atoms with van der Waals surface area (Å²) in [5, 5.41) is 0. The normalized spacial score (nSPS) is 10.6. The number of nitrogens with two attached hydrogens (primary N) is 1. The number of pyridine rings is 1. The van der Waals surface area contributed by atoms with E-state index in [0.29, 0.717) is 11.3 Å². The molecule has 0 aliphatic heterocycles. The minimum absolute atomic E-state index is 0.0610. The smallest absolute Gasteiger partial charge is 0.185 e. The molecule has 3 heteroatoms. The fourth-order valence-electron chi connectivity index (χ4n) is 1.43. The van der Waals surface area contributed by atoms with Gasteiger partial charge in [-0.05, 0) is 35.9 Å². The van der Waals surface area contributed by atoms with Crippen molar-refractivity contribution in [3.8, 4) is 0 Å². The van der Waals surface area contributed by atoms with Gasteiger partial charge >= 0.3 is 0 Å². The predicted octanol–water partition coefficient (Wildman–Crippen LogP) is 2.56. The first-order chi connectivity index (χ1) is 8.25. The van der Waals surface area contributed by atoms with Gasteiger partial charge in [0, 0.05) is 23.6 Å². The van der Waals surface area contributed by atoms with Crippen LogP contribution in [0.25, 0.3) is 6.08 Å². The average molecular weight is 224 g/mol. The molecule has 0 amide bonds. The summed E-state index contributed by atoms with van der Waals surface area (Å²) in [7, 11) is 0. The number of carbonyl (C=O) groups is 1. The van der Waals surface area contributed by atoms with Gasteiger partial charge < -0.3 is 5.73 Å². The van der Waals surface area contributed by atoms with Gasteiger partial charge in [0.1, 0.15) is 0 Å². The van der Waals surface area contributed by atoms with Crippen LogP contribution in [-0.2, 0) is 0 Å². The number of nitrogens with zero attached hydrogens (tertiary/aromatic N) is 1. The number of ketones is 1. The molecule has 1 aromatic carbocycles. The van der Waals surface area contributed by atoms with Gasteiger partial charge in [-0.2, -0.15) is 0 Å². The minimum Gasteiger partial charge on any atom is -0.399 e. The lowest BCUT2D eigenvalue weighted by Crippen LogP contribution is -1.95. The second-order valence-electron chi connectivity index (χ2n) is 3.60. The highest BCUT2D eigenvalue weighted by Crippen LogP contribution is 2.09. The fraction of sp³-hybridized carbons (Fsp3) is 0. The zero-order valence-corrected chi connectivity index (χ0v) is 9.21. The van der Waals surface area contributed by atoms with E-state index in [4.69, 9.17) is 5.73 Å². The van der Waals surface area contributed by atoms with E-state index in [9.17, 15) is 4.79 Å². The summed E-state index contributed by atoms with van der Waals surface area (Å²) in [6.45, 7) is 0. The van der Waals surface area contributed by atoms with Crippen LogP contribution in [0.4, 0.5) is 5.69 Å². The molecule has 0 aliphatic carbocycles. The molecule has 0 unspecified atom stereocenters. The van der Waals surface area contributed by atoms with Crippen LogP contribution >= 0.6 is 0 Å². The van der Waals surface area contributed by atoms with E-state index in [2.05, 4.69) is 4.98 Å². The molecule has 2 rings (SSSR count). The summed E-state index contributed by atoms with van der Waals surface area (Å²) < 4.78 is 0. The SMILES string of the molecule is Nc1cccc(C(=O)/C=C\c2ccncc2)c1. The van der Waals surface area contributed by atoms with Crippen molar-refractivity contribution in [2.45, 2.75) is 0 Å². The molecule has 0 bridgehead atoms. The molecule has 1 aromatic heterocycles. The summed E-state index contributed by atoms with van der Waals surface area (Å²) in [6, 6.07) is 10.6. The Morgan fingerprint density at radius 1 is 1.18 bits per heavy atom. The molecular weight excluding hydrogens is 212 g/mol. The Kier molecular flexibility index (Phi) is 3.31. The van der Waals surface area contributed by atoms with E-state index < -0.39 is 0 Å². The van der Waals surface area contributed by atoms with Gasteiger partial charge in [-0.3, -0.25) is 9.78 Å². The number of rotatable bonds is 3. The molecule has 1 heterocycles. The maximum Gasteiger partial charge on any atom is 0.185 e. The number of benzene rings is 1. The van der Waals surface area contributed by atoms with Crippen LogP contribution in [-0.4, -0.2) is 10.8 Å². The third-order valence-electron chi connectivity index (χ3n) is 2.30. The maximum absolute atomic E-state index is 11.8. The van der Waals surface area contributed by atoms with Crippen molar-refractivity contribution in [1.82, 2.24) is 4.98 Å². The number of aromatic nitrogens is 1. The third kappa shape index (κ3) is 3.01. The van der Waals surface area contributed by atoms with Crippen LogP contribution in [0.1, 0.15) is 15.9 Å². The maximum atomic E-state index is 11.8. The van der Waals surface area contributed by atoms with Crippen LogP contribution in [0, 0.1) is 0 Å². The number of hydrogen-bond donors (Lipinski definition) is 1. The molecule has 0 atom stereocenters. The molecule has 17 heavy (non-hydrogen) atoms. The molecule has 0 spiro atoms. The molecule has 2 N–H and O–H groups in total. The van der Waals surface area contributed by atoms with E-state index in [-0.39, 0.29) is 5.78 Å². The Morgan fingerprint density at radius 3 is 2.65 bits per heavy atom. The van der Waals surface area contributed by atoms with Gasteiger partial charge in [0.2, 0.25) is 0 Å². The van der Waals surface area contributed by atoms with Crippen molar-refractivity contribution >= 4 is 17.5 Å². The Balaban J connectivity index is 2.15. The third-order valence-corrected chi connectivity index (χ3v) is 2.30. The standard InChI is InChI=1S/C14H12N2O/c15-13-3-1-2-12(10-13)14(17)5-4-11-6-8-16-9-7-11/h1-10H,15H2/b5-4-. The zero-order valence-electron chi connectivity index (χ0n) is 9.21. The topological polar surface area (TPSA) is 56.0 Å². The molecule has 3 nitrogen and oxygen atoms in total. The summed E-state index contributed by atoms with van der Waals surface area (Å²) in [5.41, 5.74) is 7.74. The van der Waals surface area contributed by atoms with Crippen molar-refractivity contribution in [2.24, 2.45) is 0 Å². The summed E-state index contributed by atoms with van der Waals surface area (Å²) in [6.07, 6.45) is 6.66. The molecular formula is C14H12N2O. The van der Waals surface area contributed by atoms with E-state index >= 15 is 0 Å². The molecule has 0 saturated heterocycles. The highest BCUT2D eigenvalue weighted by Gasteiger charge is 2.00. The highest BCUT2D eigenvalue weighted by molar-refractivity contribution is 6.07. The lowest BCUT2D eigenvalue weighted by molar-refractivity contribution is 0.104. The van der Waals surface area contributed by atoms with Gasteiger partial charge in [0.05, 0.1) is 0 Å². The van der Waals surface area contributed by atoms with Crippen molar-refractivity contribution in [2.75, 3.05) is 5.73 Å². The van der Waals surface area contributed by atoms with E-state index in [0.717, 1.165) is 5.56 Å². The number of allylic oxidation sites excluding steroid dienone is 1. The number of nitrogen functional groups attached to an aromatic ring is 1. The molecule has 0 saturated carbocycles. The molecule has 2 aromatic rings. The molecule has 0 aliphatic rings. The van der Waals surface area contributed by atoms with Crippen LogP contribution in [0.15, 0.2) is 54.9 Å². The lowest BCUT2D eigenvalue weighted by atomic mass is 10.1. The summed E-state index contributed by atoms with van der Waals surface area (Å²) in [4.78, 5) is 15.7. The number of hydrogen-bond acceptors (Lipinski definition) is 3. The van der Waals surface area contributed by atoms with Gasteiger partial charge in [-0.1, -0.05) is 18.2 Å². The van der Waals surface area contributed by atoms with E-state index in [1.165, 1.54) is 6.08 Å².